The molecule has 2 N–H and O–H groups in total. The van der Waals surface area contributed by atoms with E-state index in [0.717, 1.165) is 12.8 Å². The smallest absolute Gasteiger partial charge is 0.0551 e. The van der Waals surface area contributed by atoms with Gasteiger partial charge in [-0.25, -0.2) is 0 Å². The maximum atomic E-state index is 6.41. The Bertz CT molecular complexity index is 540. The molecule has 2 rings (SSSR count). The van der Waals surface area contributed by atoms with Crippen molar-refractivity contribution in [2.75, 3.05) is 0 Å². The normalized spacial score (nSPS) is 12.7. The van der Waals surface area contributed by atoms with Gasteiger partial charge < -0.3 is 5.73 Å². The molecule has 20 heavy (non-hydrogen) atoms. The molecule has 1 unspecified atom stereocenters. The van der Waals surface area contributed by atoms with Gasteiger partial charge >= 0.3 is 0 Å². The van der Waals surface area contributed by atoms with E-state index in [4.69, 9.17) is 5.73 Å². The van der Waals surface area contributed by atoms with Crippen LogP contribution in [0.5, 0.6) is 0 Å². The molecule has 2 aromatic rings. The van der Waals surface area contributed by atoms with Crippen molar-refractivity contribution in [1.82, 2.24) is 0 Å². The standard InChI is InChI=1S/C19H25N/c1-4-15-8-10-17(11-9-15)19(20)18-7-5-6-16(13-18)12-14(2)3/h5-11,13-14,19H,4,12,20H2,1-3H3. The van der Waals surface area contributed by atoms with E-state index in [1.54, 1.807) is 0 Å². The second kappa shape index (κ2) is 6.71. The van der Waals surface area contributed by atoms with Crippen LogP contribution in [0.3, 0.4) is 0 Å². The minimum Gasteiger partial charge on any atom is -0.320 e. The van der Waals surface area contributed by atoms with Crippen molar-refractivity contribution >= 4 is 0 Å². The molecule has 0 bridgehead atoms. The molecular formula is C19H25N. The molecule has 0 aliphatic heterocycles. The van der Waals surface area contributed by atoms with Gasteiger partial charge in [0.2, 0.25) is 0 Å². The third-order valence-corrected chi connectivity index (χ3v) is 3.70. The number of aryl methyl sites for hydroxylation is 1. The number of benzene rings is 2. The summed E-state index contributed by atoms with van der Waals surface area (Å²) in [5.41, 5.74) is 11.5. The summed E-state index contributed by atoms with van der Waals surface area (Å²) >= 11 is 0. The predicted octanol–water partition coefficient (Wildman–Crippen LogP) is 4.50. The first-order valence-electron chi connectivity index (χ1n) is 7.53. The lowest BCUT2D eigenvalue weighted by molar-refractivity contribution is 0.646. The lowest BCUT2D eigenvalue weighted by Gasteiger charge is -2.15. The van der Waals surface area contributed by atoms with Crippen LogP contribution in [0.25, 0.3) is 0 Å². The average molecular weight is 267 g/mol. The Morgan fingerprint density at radius 2 is 1.60 bits per heavy atom. The molecule has 1 heteroatoms. The minimum absolute atomic E-state index is 0.0342. The van der Waals surface area contributed by atoms with Gasteiger partial charge in [0.15, 0.2) is 0 Å². The molecule has 106 valence electrons. The second-order valence-corrected chi connectivity index (χ2v) is 5.92. The van der Waals surface area contributed by atoms with E-state index in [0.29, 0.717) is 5.92 Å². The third kappa shape index (κ3) is 3.71. The monoisotopic (exact) mass is 267 g/mol. The van der Waals surface area contributed by atoms with E-state index in [1.807, 2.05) is 0 Å². The summed E-state index contributed by atoms with van der Waals surface area (Å²) in [7, 11) is 0. The Balaban J connectivity index is 2.20. The molecule has 0 heterocycles. The number of hydrogen-bond donors (Lipinski definition) is 1. The molecule has 0 spiro atoms. The molecule has 0 aliphatic carbocycles. The molecule has 0 fully saturated rings. The Kier molecular flexibility index (Phi) is 4.97. The highest BCUT2D eigenvalue weighted by Crippen LogP contribution is 2.22. The van der Waals surface area contributed by atoms with Crippen LogP contribution >= 0.6 is 0 Å². The van der Waals surface area contributed by atoms with Crippen LogP contribution in [0.15, 0.2) is 48.5 Å². The van der Waals surface area contributed by atoms with Crippen LogP contribution in [0.2, 0.25) is 0 Å². The number of nitrogens with two attached hydrogens (primary N) is 1. The Morgan fingerprint density at radius 3 is 2.20 bits per heavy atom. The van der Waals surface area contributed by atoms with Crippen molar-refractivity contribution in [3.05, 3.63) is 70.8 Å². The van der Waals surface area contributed by atoms with Crippen LogP contribution in [0.4, 0.5) is 0 Å². The largest absolute Gasteiger partial charge is 0.320 e. The van der Waals surface area contributed by atoms with Crippen molar-refractivity contribution in [2.45, 2.75) is 39.7 Å². The van der Waals surface area contributed by atoms with Crippen LogP contribution in [0, 0.1) is 5.92 Å². The molecule has 0 amide bonds. The SMILES string of the molecule is CCc1ccc(C(N)c2cccc(CC(C)C)c2)cc1. The highest BCUT2D eigenvalue weighted by Gasteiger charge is 2.09. The minimum atomic E-state index is -0.0342. The fourth-order valence-electron chi connectivity index (χ4n) is 2.54. The van der Waals surface area contributed by atoms with Gasteiger partial charge in [-0.3, -0.25) is 0 Å². The molecule has 0 aromatic heterocycles. The Morgan fingerprint density at radius 1 is 0.900 bits per heavy atom. The third-order valence-electron chi connectivity index (χ3n) is 3.70. The van der Waals surface area contributed by atoms with Crippen LogP contribution in [-0.4, -0.2) is 0 Å². The summed E-state index contributed by atoms with van der Waals surface area (Å²) in [4.78, 5) is 0. The van der Waals surface area contributed by atoms with Gasteiger partial charge in [-0.15, -0.1) is 0 Å². The van der Waals surface area contributed by atoms with Gasteiger partial charge in [0, 0.05) is 0 Å². The fraction of sp³-hybridized carbons (Fsp3) is 0.368. The zero-order chi connectivity index (χ0) is 14.5. The molecule has 0 saturated heterocycles. The van der Waals surface area contributed by atoms with Gasteiger partial charge in [0.1, 0.15) is 0 Å². The molecule has 1 nitrogen and oxygen atoms in total. The highest BCUT2D eigenvalue weighted by atomic mass is 14.6. The molecule has 2 aromatic carbocycles. The average Bonchev–Trinajstić information content (AvgIpc) is 2.46. The molecular weight excluding hydrogens is 242 g/mol. The lowest BCUT2D eigenvalue weighted by atomic mass is 9.94. The lowest BCUT2D eigenvalue weighted by Crippen LogP contribution is -2.12. The van der Waals surface area contributed by atoms with Crippen LogP contribution in [-0.2, 0) is 12.8 Å². The van der Waals surface area contributed by atoms with Gasteiger partial charge in [-0.2, -0.15) is 0 Å². The highest BCUT2D eigenvalue weighted by molar-refractivity contribution is 5.35. The van der Waals surface area contributed by atoms with Crippen molar-refractivity contribution in [3.8, 4) is 0 Å². The van der Waals surface area contributed by atoms with Crippen molar-refractivity contribution in [3.63, 3.8) is 0 Å². The Labute approximate surface area is 122 Å². The van der Waals surface area contributed by atoms with E-state index >= 15 is 0 Å². The Hall–Kier alpha value is -1.60. The van der Waals surface area contributed by atoms with Crippen molar-refractivity contribution in [2.24, 2.45) is 11.7 Å². The first-order chi connectivity index (χ1) is 9.60. The molecule has 1 atom stereocenters. The summed E-state index contributed by atoms with van der Waals surface area (Å²) in [5, 5.41) is 0. The van der Waals surface area contributed by atoms with Crippen molar-refractivity contribution < 1.29 is 0 Å². The molecule has 0 saturated carbocycles. The summed E-state index contributed by atoms with van der Waals surface area (Å²) in [6.07, 6.45) is 2.18. The van der Waals surface area contributed by atoms with E-state index in [1.165, 1.54) is 22.3 Å². The van der Waals surface area contributed by atoms with Gasteiger partial charge in [-0.1, -0.05) is 69.3 Å². The molecule has 0 radical (unpaired) electrons. The van der Waals surface area contributed by atoms with Crippen LogP contribution < -0.4 is 5.73 Å². The fourth-order valence-corrected chi connectivity index (χ4v) is 2.54. The van der Waals surface area contributed by atoms with Gasteiger partial charge in [0.05, 0.1) is 6.04 Å². The first kappa shape index (κ1) is 14.8. The summed E-state index contributed by atoms with van der Waals surface area (Å²) in [6.45, 7) is 6.66. The quantitative estimate of drug-likeness (QED) is 0.848. The first-order valence-corrected chi connectivity index (χ1v) is 7.53. The topological polar surface area (TPSA) is 26.0 Å². The summed E-state index contributed by atoms with van der Waals surface area (Å²) in [5.74, 6) is 0.672. The van der Waals surface area contributed by atoms with E-state index in [-0.39, 0.29) is 6.04 Å². The van der Waals surface area contributed by atoms with E-state index < -0.39 is 0 Å². The van der Waals surface area contributed by atoms with E-state index in [9.17, 15) is 0 Å². The van der Waals surface area contributed by atoms with Gasteiger partial charge in [0.25, 0.3) is 0 Å². The van der Waals surface area contributed by atoms with Gasteiger partial charge in [-0.05, 0) is 41.0 Å². The van der Waals surface area contributed by atoms with Crippen molar-refractivity contribution in [1.29, 1.82) is 0 Å². The molecule has 0 aliphatic rings. The zero-order valence-corrected chi connectivity index (χ0v) is 12.8. The second-order valence-electron chi connectivity index (χ2n) is 5.92. The predicted molar refractivity (Wildman–Crippen MR) is 86.8 cm³/mol. The van der Waals surface area contributed by atoms with Crippen LogP contribution in [0.1, 0.15) is 49.1 Å². The number of hydrogen-bond acceptors (Lipinski definition) is 1. The summed E-state index contributed by atoms with van der Waals surface area (Å²) in [6, 6.07) is 17.3. The summed E-state index contributed by atoms with van der Waals surface area (Å²) < 4.78 is 0. The zero-order valence-electron chi connectivity index (χ0n) is 12.8. The maximum Gasteiger partial charge on any atom is 0.0551 e. The number of rotatable bonds is 5. The van der Waals surface area contributed by atoms with E-state index in [2.05, 4.69) is 69.3 Å². The maximum absolute atomic E-state index is 6.41.